The number of carbonyl (C=O) groups is 1. The van der Waals surface area contributed by atoms with Crippen LogP contribution >= 0.6 is 0 Å². The molecule has 5 nitrogen and oxygen atoms in total. The second-order valence-corrected chi connectivity index (χ2v) is 9.40. The topological polar surface area (TPSA) is 45.1 Å². The largest absolute Gasteiger partial charge is 0.489 e. The Morgan fingerprint density at radius 1 is 0.838 bits per heavy atom. The van der Waals surface area contributed by atoms with Gasteiger partial charge in [-0.15, -0.1) is 0 Å². The van der Waals surface area contributed by atoms with Crippen LogP contribution in [0, 0.1) is 6.92 Å². The molecule has 0 radical (unpaired) electrons. The summed E-state index contributed by atoms with van der Waals surface area (Å²) in [6, 6.07) is 36.6. The predicted molar refractivity (Wildman–Crippen MR) is 147 cm³/mol. The molecule has 37 heavy (non-hydrogen) atoms. The Hall–Kier alpha value is -4.22. The van der Waals surface area contributed by atoms with Crippen molar-refractivity contribution in [3.8, 4) is 5.75 Å². The van der Waals surface area contributed by atoms with Crippen molar-refractivity contribution in [2.45, 2.75) is 33.2 Å². The maximum absolute atomic E-state index is 13.3. The van der Waals surface area contributed by atoms with Crippen LogP contribution in [0.3, 0.4) is 0 Å². The minimum Gasteiger partial charge on any atom is -0.489 e. The van der Waals surface area contributed by atoms with Gasteiger partial charge < -0.3 is 4.74 Å². The molecular weight excluding hydrogens is 458 g/mol. The number of ether oxygens (including phenoxy) is 1. The number of rotatable bonds is 8. The molecule has 4 aromatic rings. The van der Waals surface area contributed by atoms with Gasteiger partial charge in [0.1, 0.15) is 18.5 Å². The molecule has 1 aliphatic rings. The lowest BCUT2D eigenvalue weighted by Crippen LogP contribution is -2.29. The number of hydrogen-bond donors (Lipinski definition) is 0. The van der Waals surface area contributed by atoms with Crippen LogP contribution < -0.4 is 4.74 Å². The fraction of sp³-hybridized carbons (Fsp3) is 0.188. The normalized spacial score (nSPS) is 16.3. The molecule has 0 spiro atoms. The number of amides is 1. The van der Waals surface area contributed by atoms with Gasteiger partial charge in [-0.2, -0.15) is 5.10 Å². The van der Waals surface area contributed by atoms with Gasteiger partial charge in [-0.05, 0) is 48.2 Å². The van der Waals surface area contributed by atoms with E-state index >= 15 is 0 Å². The summed E-state index contributed by atoms with van der Waals surface area (Å²) in [6.07, 6.45) is -0.309. The van der Waals surface area contributed by atoms with Crippen molar-refractivity contribution >= 4 is 11.6 Å². The number of hydrazone groups is 1. The lowest BCUT2D eigenvalue weighted by molar-refractivity contribution is -0.128. The van der Waals surface area contributed by atoms with E-state index < -0.39 is 0 Å². The summed E-state index contributed by atoms with van der Waals surface area (Å²) in [5.74, 6) is 0.772. The Balaban J connectivity index is 1.42. The lowest BCUT2D eigenvalue weighted by atomic mass is 10.1. The van der Waals surface area contributed by atoms with Crippen LogP contribution in [0.15, 0.2) is 114 Å². The average molecular weight is 490 g/mol. The summed E-state index contributed by atoms with van der Waals surface area (Å²) >= 11 is 0. The SMILES string of the molecule is C/C(=N/N1C(=O)CN(Cc2ccccc2)[C@@H]1c1ccc(OCc2ccccc2)cc1)c1ccc(C)cc1. The van der Waals surface area contributed by atoms with Crippen LogP contribution in [-0.2, 0) is 17.9 Å². The molecule has 0 aliphatic carbocycles. The first-order valence-electron chi connectivity index (χ1n) is 12.6. The standard InChI is InChI=1S/C32H31N3O2/c1-24-13-15-28(16-14-24)25(2)33-35-31(36)22-34(21-26-9-5-3-6-10-26)32(35)29-17-19-30(20-18-29)37-23-27-11-7-4-8-12-27/h3-20,32H,21-23H2,1-2H3/b33-25-/t32-/m0/s1. The number of aryl methyl sites for hydroxylation is 1. The summed E-state index contributed by atoms with van der Waals surface area (Å²) < 4.78 is 5.99. The van der Waals surface area contributed by atoms with Gasteiger partial charge in [0.05, 0.1) is 12.3 Å². The van der Waals surface area contributed by atoms with Gasteiger partial charge in [-0.3, -0.25) is 9.69 Å². The number of carbonyl (C=O) groups excluding carboxylic acids is 1. The number of benzene rings is 4. The molecule has 4 aromatic carbocycles. The Bertz CT molecular complexity index is 1350. The molecule has 0 saturated carbocycles. The molecule has 5 heteroatoms. The van der Waals surface area contributed by atoms with Gasteiger partial charge in [0.15, 0.2) is 0 Å². The van der Waals surface area contributed by atoms with Gasteiger partial charge in [0.2, 0.25) is 0 Å². The molecule has 1 saturated heterocycles. The first kappa shape index (κ1) is 24.5. The highest BCUT2D eigenvalue weighted by Crippen LogP contribution is 2.34. The molecule has 1 fully saturated rings. The zero-order valence-corrected chi connectivity index (χ0v) is 21.2. The summed E-state index contributed by atoms with van der Waals surface area (Å²) in [4.78, 5) is 15.4. The van der Waals surface area contributed by atoms with Crippen molar-refractivity contribution < 1.29 is 9.53 Å². The second-order valence-electron chi connectivity index (χ2n) is 9.40. The molecule has 1 amide bonds. The third-order valence-corrected chi connectivity index (χ3v) is 6.55. The molecule has 5 rings (SSSR count). The van der Waals surface area contributed by atoms with Crippen molar-refractivity contribution in [1.82, 2.24) is 9.91 Å². The number of hydrogen-bond acceptors (Lipinski definition) is 4. The third kappa shape index (κ3) is 5.96. The van der Waals surface area contributed by atoms with Gasteiger partial charge in [0, 0.05) is 6.54 Å². The minimum atomic E-state index is -0.309. The second kappa shape index (κ2) is 11.2. The van der Waals surface area contributed by atoms with Crippen LogP contribution in [0.1, 0.15) is 40.9 Å². The van der Waals surface area contributed by atoms with E-state index in [9.17, 15) is 4.79 Å². The highest BCUT2D eigenvalue weighted by molar-refractivity contribution is 5.99. The lowest BCUT2D eigenvalue weighted by Gasteiger charge is -2.28. The Labute approximate surface area is 218 Å². The summed E-state index contributed by atoms with van der Waals surface area (Å²) in [6.45, 7) is 5.48. The quantitative estimate of drug-likeness (QED) is 0.271. The van der Waals surface area contributed by atoms with E-state index in [4.69, 9.17) is 9.84 Å². The van der Waals surface area contributed by atoms with Crippen molar-refractivity contribution in [2.24, 2.45) is 5.10 Å². The van der Waals surface area contributed by atoms with Gasteiger partial charge in [-0.1, -0.05) is 103 Å². The molecule has 1 heterocycles. The molecule has 0 aromatic heterocycles. The van der Waals surface area contributed by atoms with E-state index in [-0.39, 0.29) is 12.1 Å². The van der Waals surface area contributed by atoms with Crippen molar-refractivity contribution in [1.29, 1.82) is 0 Å². The molecule has 0 N–H and O–H groups in total. The molecule has 1 atom stereocenters. The van der Waals surface area contributed by atoms with Crippen molar-refractivity contribution in [3.63, 3.8) is 0 Å². The Morgan fingerprint density at radius 3 is 2.11 bits per heavy atom. The maximum atomic E-state index is 13.3. The first-order valence-corrected chi connectivity index (χ1v) is 12.6. The van der Waals surface area contributed by atoms with E-state index in [1.54, 1.807) is 5.01 Å². The highest BCUT2D eigenvalue weighted by atomic mass is 16.5. The molecular formula is C32H31N3O2. The Kier molecular flexibility index (Phi) is 7.43. The smallest absolute Gasteiger partial charge is 0.258 e. The molecule has 0 bridgehead atoms. The highest BCUT2D eigenvalue weighted by Gasteiger charge is 2.39. The zero-order chi connectivity index (χ0) is 25.6. The minimum absolute atomic E-state index is 0.0169. The van der Waals surface area contributed by atoms with E-state index in [0.29, 0.717) is 19.7 Å². The molecule has 0 unspecified atom stereocenters. The predicted octanol–water partition coefficient (Wildman–Crippen LogP) is 6.34. The van der Waals surface area contributed by atoms with Crippen LogP contribution in [0.2, 0.25) is 0 Å². The van der Waals surface area contributed by atoms with Gasteiger partial charge in [0.25, 0.3) is 5.91 Å². The van der Waals surface area contributed by atoms with Crippen LogP contribution in [0.25, 0.3) is 0 Å². The Morgan fingerprint density at radius 2 is 1.46 bits per heavy atom. The van der Waals surface area contributed by atoms with E-state index in [2.05, 4.69) is 36.1 Å². The van der Waals surface area contributed by atoms with Gasteiger partial charge in [-0.25, -0.2) is 5.01 Å². The maximum Gasteiger partial charge on any atom is 0.258 e. The van der Waals surface area contributed by atoms with Crippen LogP contribution in [0.5, 0.6) is 5.75 Å². The summed E-state index contributed by atoms with van der Waals surface area (Å²) in [5.41, 5.74) is 6.27. The van der Waals surface area contributed by atoms with E-state index in [1.165, 1.54) is 5.56 Å². The number of nitrogens with zero attached hydrogens (tertiary/aromatic N) is 3. The van der Waals surface area contributed by atoms with Crippen molar-refractivity contribution in [3.05, 3.63) is 137 Å². The monoisotopic (exact) mass is 489 g/mol. The summed E-state index contributed by atoms with van der Waals surface area (Å²) in [7, 11) is 0. The zero-order valence-electron chi connectivity index (χ0n) is 21.2. The van der Waals surface area contributed by atoms with Crippen LogP contribution in [-0.4, -0.2) is 28.1 Å². The summed E-state index contributed by atoms with van der Waals surface area (Å²) in [5, 5.41) is 6.47. The fourth-order valence-corrected chi connectivity index (χ4v) is 4.54. The van der Waals surface area contributed by atoms with E-state index in [0.717, 1.165) is 33.7 Å². The first-order chi connectivity index (χ1) is 18.1. The van der Waals surface area contributed by atoms with Crippen LogP contribution in [0.4, 0.5) is 0 Å². The van der Waals surface area contributed by atoms with Gasteiger partial charge >= 0.3 is 0 Å². The molecule has 186 valence electrons. The third-order valence-electron chi connectivity index (χ3n) is 6.55. The average Bonchev–Trinajstić information content (AvgIpc) is 3.23. The molecule has 1 aliphatic heterocycles. The van der Waals surface area contributed by atoms with Crippen molar-refractivity contribution in [2.75, 3.05) is 6.54 Å². The fourth-order valence-electron chi connectivity index (χ4n) is 4.54. The van der Waals surface area contributed by atoms with E-state index in [1.807, 2.05) is 91.9 Å².